The van der Waals surface area contributed by atoms with Crippen molar-refractivity contribution in [2.75, 3.05) is 23.9 Å². The molecule has 0 aromatic carbocycles. The minimum absolute atomic E-state index is 0.118. The molecule has 0 spiro atoms. The fourth-order valence-corrected chi connectivity index (χ4v) is 3.94. The van der Waals surface area contributed by atoms with Gasteiger partial charge in [0.25, 0.3) is 0 Å². The zero-order valence-corrected chi connectivity index (χ0v) is 21.0. The lowest BCUT2D eigenvalue weighted by atomic mass is 10.1. The van der Waals surface area contributed by atoms with Gasteiger partial charge in [0.2, 0.25) is 0 Å². The monoisotopic (exact) mass is 514 g/mol. The lowest BCUT2D eigenvalue weighted by Gasteiger charge is -2.24. The van der Waals surface area contributed by atoms with Gasteiger partial charge in [-0.15, -0.1) is 0 Å². The second-order valence-corrected chi connectivity index (χ2v) is 8.69. The van der Waals surface area contributed by atoms with E-state index in [-0.39, 0.29) is 12.6 Å². The Kier molecular flexibility index (Phi) is 23.8. The summed E-state index contributed by atoms with van der Waals surface area (Å²) in [5, 5.41) is 2.26. The van der Waals surface area contributed by atoms with Gasteiger partial charge in [0.15, 0.2) is 12.6 Å². The van der Waals surface area contributed by atoms with Gasteiger partial charge < -0.3 is 14.2 Å². The number of halogens is 2. The molecule has 5 heteroatoms. The first-order valence-corrected chi connectivity index (χ1v) is 13.5. The topological polar surface area (TPSA) is 27.7 Å². The van der Waals surface area contributed by atoms with Gasteiger partial charge in [-0.3, -0.25) is 0 Å². The average molecular weight is 516 g/mol. The SMILES string of the molecule is CCOC(CCCCCCCCBr)OC(CCCCCCCCBr)OCC. The molecule has 0 aromatic heterocycles. The summed E-state index contributed by atoms with van der Waals surface area (Å²) in [7, 11) is 0. The quantitative estimate of drug-likeness (QED) is 0.0830. The molecule has 27 heavy (non-hydrogen) atoms. The Labute approximate surface area is 185 Å². The average Bonchev–Trinajstić information content (AvgIpc) is 2.66. The van der Waals surface area contributed by atoms with E-state index >= 15 is 0 Å². The third kappa shape index (κ3) is 19.9. The molecule has 0 aliphatic carbocycles. The minimum Gasteiger partial charge on any atom is -0.353 e. The highest BCUT2D eigenvalue weighted by Gasteiger charge is 2.16. The standard InChI is InChI=1S/C22H44Br2O3/c1-3-25-21(17-13-9-5-7-11-15-19-23)27-22(26-4-2)18-14-10-6-8-12-16-20-24/h21-22H,3-20H2,1-2H3. The largest absolute Gasteiger partial charge is 0.353 e. The Balaban J connectivity index is 3.95. The molecule has 0 aromatic rings. The third-order valence-electron chi connectivity index (χ3n) is 4.66. The van der Waals surface area contributed by atoms with Crippen molar-refractivity contribution < 1.29 is 14.2 Å². The number of hydrogen-bond donors (Lipinski definition) is 0. The van der Waals surface area contributed by atoms with E-state index in [1.807, 2.05) is 13.8 Å². The molecule has 0 heterocycles. The Morgan fingerprint density at radius 3 is 1.19 bits per heavy atom. The molecule has 0 aliphatic heterocycles. The van der Waals surface area contributed by atoms with Gasteiger partial charge in [-0.05, 0) is 52.4 Å². The van der Waals surface area contributed by atoms with Crippen LogP contribution < -0.4 is 0 Å². The van der Waals surface area contributed by atoms with Crippen LogP contribution in [-0.2, 0) is 14.2 Å². The first kappa shape index (κ1) is 27.8. The van der Waals surface area contributed by atoms with Crippen LogP contribution in [0.15, 0.2) is 0 Å². The Bertz CT molecular complexity index is 254. The van der Waals surface area contributed by atoms with Crippen molar-refractivity contribution in [1.82, 2.24) is 0 Å². The summed E-state index contributed by atoms with van der Waals surface area (Å²) in [6.07, 6.45) is 17.1. The number of alkyl halides is 2. The molecule has 0 saturated carbocycles. The van der Waals surface area contributed by atoms with Crippen LogP contribution in [0, 0.1) is 0 Å². The molecular formula is C22H44Br2O3. The van der Waals surface area contributed by atoms with Crippen molar-refractivity contribution in [1.29, 1.82) is 0 Å². The normalized spacial score (nSPS) is 13.8. The fourth-order valence-electron chi connectivity index (χ4n) is 3.15. The number of unbranched alkanes of at least 4 members (excludes halogenated alkanes) is 10. The molecule has 0 N–H and O–H groups in total. The van der Waals surface area contributed by atoms with E-state index in [4.69, 9.17) is 14.2 Å². The summed E-state index contributed by atoms with van der Waals surface area (Å²) in [6.45, 7) is 5.48. The molecule has 0 rings (SSSR count). The van der Waals surface area contributed by atoms with Gasteiger partial charge in [-0.25, -0.2) is 0 Å². The first-order valence-electron chi connectivity index (χ1n) is 11.3. The number of rotatable bonds is 22. The summed E-state index contributed by atoms with van der Waals surface area (Å²) in [5.41, 5.74) is 0. The molecule has 3 nitrogen and oxygen atoms in total. The molecule has 0 aliphatic rings. The third-order valence-corrected chi connectivity index (χ3v) is 5.78. The van der Waals surface area contributed by atoms with Crippen molar-refractivity contribution in [2.24, 2.45) is 0 Å². The van der Waals surface area contributed by atoms with Crippen LogP contribution in [0.25, 0.3) is 0 Å². The van der Waals surface area contributed by atoms with Gasteiger partial charge in [0.05, 0.1) is 0 Å². The van der Waals surface area contributed by atoms with E-state index in [9.17, 15) is 0 Å². The van der Waals surface area contributed by atoms with Crippen LogP contribution in [0.2, 0.25) is 0 Å². The molecule has 0 saturated heterocycles. The predicted molar refractivity (Wildman–Crippen MR) is 124 cm³/mol. The maximum Gasteiger partial charge on any atom is 0.160 e. The Morgan fingerprint density at radius 1 is 0.519 bits per heavy atom. The van der Waals surface area contributed by atoms with Crippen LogP contribution >= 0.6 is 31.9 Å². The zero-order chi connectivity index (χ0) is 20.0. The van der Waals surface area contributed by atoms with Crippen LogP contribution in [-0.4, -0.2) is 36.5 Å². The Morgan fingerprint density at radius 2 is 0.852 bits per heavy atom. The second kappa shape index (κ2) is 23.1. The molecule has 0 amide bonds. The van der Waals surface area contributed by atoms with Crippen LogP contribution in [0.4, 0.5) is 0 Å². The van der Waals surface area contributed by atoms with E-state index in [1.54, 1.807) is 0 Å². The summed E-state index contributed by atoms with van der Waals surface area (Å²) in [4.78, 5) is 0. The summed E-state index contributed by atoms with van der Waals surface area (Å²) < 4.78 is 17.8. The van der Waals surface area contributed by atoms with E-state index in [2.05, 4.69) is 31.9 Å². The summed E-state index contributed by atoms with van der Waals surface area (Å²) >= 11 is 6.99. The van der Waals surface area contributed by atoms with Gasteiger partial charge in [-0.2, -0.15) is 0 Å². The van der Waals surface area contributed by atoms with E-state index in [1.165, 1.54) is 77.0 Å². The molecule has 164 valence electrons. The summed E-state index contributed by atoms with van der Waals surface area (Å²) in [5.74, 6) is 0. The molecule has 2 atom stereocenters. The maximum absolute atomic E-state index is 6.16. The van der Waals surface area contributed by atoms with Crippen molar-refractivity contribution >= 4 is 31.9 Å². The maximum atomic E-state index is 6.16. The van der Waals surface area contributed by atoms with Crippen LogP contribution in [0.1, 0.15) is 104 Å². The molecule has 0 radical (unpaired) electrons. The number of hydrogen-bond acceptors (Lipinski definition) is 3. The van der Waals surface area contributed by atoms with Crippen LogP contribution in [0.5, 0.6) is 0 Å². The zero-order valence-electron chi connectivity index (χ0n) is 17.9. The first-order chi connectivity index (χ1) is 13.3. The van der Waals surface area contributed by atoms with Crippen molar-refractivity contribution in [3.63, 3.8) is 0 Å². The highest BCUT2D eigenvalue weighted by Crippen LogP contribution is 2.17. The predicted octanol–water partition coefficient (Wildman–Crippen LogP) is 7.98. The second-order valence-electron chi connectivity index (χ2n) is 7.10. The Hall–Kier alpha value is 0.840. The fraction of sp³-hybridized carbons (Fsp3) is 1.00. The highest BCUT2D eigenvalue weighted by molar-refractivity contribution is 9.09. The molecule has 2 unspecified atom stereocenters. The van der Waals surface area contributed by atoms with E-state index < -0.39 is 0 Å². The molecule has 0 fully saturated rings. The number of ether oxygens (including phenoxy) is 3. The van der Waals surface area contributed by atoms with Crippen LogP contribution in [0.3, 0.4) is 0 Å². The van der Waals surface area contributed by atoms with Gasteiger partial charge >= 0.3 is 0 Å². The van der Waals surface area contributed by atoms with Gasteiger partial charge in [0, 0.05) is 23.9 Å². The smallest absolute Gasteiger partial charge is 0.160 e. The lowest BCUT2D eigenvalue weighted by Crippen LogP contribution is -2.27. The van der Waals surface area contributed by atoms with E-state index in [0.29, 0.717) is 13.2 Å². The highest BCUT2D eigenvalue weighted by atomic mass is 79.9. The van der Waals surface area contributed by atoms with E-state index in [0.717, 1.165) is 23.5 Å². The lowest BCUT2D eigenvalue weighted by molar-refractivity contribution is -0.247. The molecular weight excluding hydrogens is 472 g/mol. The van der Waals surface area contributed by atoms with Crippen molar-refractivity contribution in [2.45, 2.75) is 116 Å². The molecule has 0 bridgehead atoms. The van der Waals surface area contributed by atoms with Crippen molar-refractivity contribution in [3.8, 4) is 0 Å². The van der Waals surface area contributed by atoms with Gasteiger partial charge in [0.1, 0.15) is 0 Å². The van der Waals surface area contributed by atoms with Crippen molar-refractivity contribution in [3.05, 3.63) is 0 Å². The minimum atomic E-state index is -0.118. The van der Waals surface area contributed by atoms with Gasteiger partial charge in [-0.1, -0.05) is 83.2 Å². The summed E-state index contributed by atoms with van der Waals surface area (Å²) in [6, 6.07) is 0.